The van der Waals surface area contributed by atoms with Gasteiger partial charge in [-0.15, -0.1) is 0 Å². The Morgan fingerprint density at radius 2 is 0.341 bits per heavy atom. The van der Waals surface area contributed by atoms with E-state index in [9.17, 15) is 38.4 Å². The van der Waals surface area contributed by atoms with E-state index in [2.05, 4.69) is 40.2 Å². The van der Waals surface area contributed by atoms with Crippen LogP contribution in [0.15, 0.2) is 0 Å². The second-order valence-electron chi connectivity index (χ2n) is 4.83. The van der Waals surface area contributed by atoms with Gasteiger partial charge >= 0.3 is 0 Å². The first-order valence-electron chi connectivity index (χ1n) is 15.1. The van der Waals surface area contributed by atoms with Gasteiger partial charge < -0.3 is 138 Å². The maximum absolute atomic E-state index is 9.37. The van der Waals surface area contributed by atoms with E-state index in [1.54, 1.807) is 0 Å². The number of methoxy groups -OCH3 is 4. The Kier molecular flexibility index (Phi) is 1040. The molecule has 0 saturated carbocycles. The van der Waals surface area contributed by atoms with Gasteiger partial charge in [0, 0.05) is 270 Å². The van der Waals surface area contributed by atoms with Gasteiger partial charge in [-0.05, 0) is 36.5 Å². The van der Waals surface area contributed by atoms with Crippen molar-refractivity contribution in [3.8, 4) is 0 Å². The van der Waals surface area contributed by atoms with Crippen molar-refractivity contribution in [2.24, 2.45) is 0 Å². The summed E-state index contributed by atoms with van der Waals surface area (Å²) in [5, 5.41) is 55.8. The van der Waals surface area contributed by atoms with Crippen LogP contribution in [0.5, 0.6) is 0 Å². The molecule has 0 spiro atoms. The zero-order valence-corrected chi connectivity index (χ0v) is 67.8. The molecule has 82 heavy (non-hydrogen) atoms. The normalized spacial score (nSPS) is 4.10. The number of hydrogen-bond acceptors (Lipinski definition) is 19. The van der Waals surface area contributed by atoms with Crippen LogP contribution in [0.25, 0.3) is 78.3 Å². The third-order valence-electron chi connectivity index (χ3n) is 1.65. The predicted molar refractivity (Wildman–Crippen MR) is 294 cm³/mol. The minimum Gasteiger partial charge on any atom is -0.724 e. The molecule has 0 bridgehead atoms. The average molecular weight is 1800 g/mol. The summed E-state index contributed by atoms with van der Waals surface area (Å²) in [4.78, 5) is 124. The zero-order valence-electron chi connectivity index (χ0n) is 45.1. The van der Waals surface area contributed by atoms with E-state index in [-0.39, 0.29) is 323 Å². The van der Waals surface area contributed by atoms with E-state index in [4.69, 9.17) is 112 Å². The summed E-state index contributed by atoms with van der Waals surface area (Å²) in [6.45, 7) is 12.0. The smallest absolute Gasteiger partial charge is 0.226 e. The maximum Gasteiger partial charge on any atom is 0.226 e. The van der Waals surface area contributed by atoms with Crippen molar-refractivity contribution >= 4 is 85.0 Å². The maximum atomic E-state index is 9.37. The van der Waals surface area contributed by atoms with Gasteiger partial charge in [0.05, 0.1) is 28.4 Å². The Hall–Kier alpha value is -0.769. The van der Waals surface area contributed by atoms with E-state index >= 15 is 0 Å². The number of isocyanates is 6. The van der Waals surface area contributed by atoms with Crippen molar-refractivity contribution in [3.63, 3.8) is 0 Å². The second kappa shape index (κ2) is 363. The fourth-order valence-electron chi connectivity index (χ4n) is 0. The standard InChI is InChI=1S/4C2H6N2O.4C2H5NO2.3C2H6.6CNO.CH4O.6CH4.2CH3.8Y.H2/c4*1-4-2(3)5;4*1-5-2(3)4;3*1-2;6*2-1-3;1-2;;;;;;;;;;;;;;;;;/h4*1H3,(H3,3,4,5);4*1H3,(H2,3,4);3*1-2H3;;;;;;;2H,1H3;6*1H4;2*1H3;;;;;;;;;1H/q;;;;;;;;;;;6*-1;;;;;;;;2*-1;;;;;;;;;/p-8. The van der Waals surface area contributed by atoms with Gasteiger partial charge in [-0.25, -0.2) is 0 Å². The number of aliphatic hydroxyl groups excluding tert-OH is 1. The number of urea groups is 4. The first-order chi connectivity index (χ1) is 30.6. The summed E-state index contributed by atoms with van der Waals surface area (Å²) in [6, 6.07) is -2.98. The third kappa shape index (κ3) is 2090. The summed E-state index contributed by atoms with van der Waals surface area (Å²) in [5.41, 5.74) is 48.2. The van der Waals surface area contributed by atoms with Crippen molar-refractivity contribution < 1.29 is 354 Å². The first-order valence-corrected chi connectivity index (χ1v) is 15.1. The minimum absolute atomic E-state index is 0. The van der Waals surface area contributed by atoms with Gasteiger partial charge in [0.25, 0.3) is 0 Å². The largest absolute Gasteiger partial charge is 0.724 e. The Balaban J connectivity index is -0.00000000887. The monoisotopic (exact) mass is 1800 g/mol. The number of aliphatic hydroxyl groups is 1. The van der Waals surface area contributed by atoms with Crippen LogP contribution in [0.2, 0.25) is 0 Å². The topological polar surface area (TPSA) is 668 Å². The number of nitrogens with one attached hydrogen (secondary N) is 12. The number of hydrogen-bond donors (Lipinski definition) is 5. The van der Waals surface area contributed by atoms with Crippen LogP contribution in [0.3, 0.4) is 0 Å². The Morgan fingerprint density at radius 3 is 0.341 bits per heavy atom. The molecular formula is C37H90N18O19Y8-16. The van der Waals surface area contributed by atoms with Gasteiger partial charge in [0.15, 0.2) is 0 Å². The van der Waals surface area contributed by atoms with Crippen molar-refractivity contribution in [3.05, 3.63) is 93.2 Å². The van der Waals surface area contributed by atoms with Gasteiger partial charge in [-0.3, -0.25) is 67.1 Å². The van der Waals surface area contributed by atoms with Gasteiger partial charge in [0.1, 0.15) is 24.1 Å². The van der Waals surface area contributed by atoms with Crippen LogP contribution in [0, 0.1) is 14.9 Å². The summed E-state index contributed by atoms with van der Waals surface area (Å²) >= 11 is 0. The van der Waals surface area contributed by atoms with Crippen LogP contribution in [0.4, 0.5) is 38.4 Å². The molecule has 0 fully saturated rings. The van der Waals surface area contributed by atoms with E-state index < -0.39 is 48.5 Å². The first kappa shape index (κ1) is 234. The van der Waals surface area contributed by atoms with Crippen LogP contribution in [0.1, 0.15) is 87.5 Å². The van der Waals surface area contributed by atoms with Gasteiger partial charge in [-0.2, -0.15) is 0 Å². The zero-order chi connectivity index (χ0) is 58.5. The Bertz CT molecular complexity index is 1000. The van der Waals surface area contributed by atoms with Crippen LogP contribution in [-0.4, -0.2) is 154 Å². The van der Waals surface area contributed by atoms with E-state index in [1.165, 1.54) is 28.2 Å². The molecule has 0 saturated heterocycles. The molecule has 45 heteroatoms. The van der Waals surface area contributed by atoms with Crippen LogP contribution < -0.4 is 21.3 Å². The van der Waals surface area contributed by atoms with Crippen molar-refractivity contribution in [2.45, 2.75) is 86.1 Å². The molecule has 0 aromatic rings. The molecule has 0 unspecified atom stereocenters. The van der Waals surface area contributed by atoms with Crippen molar-refractivity contribution in [1.29, 1.82) is 0 Å². The van der Waals surface area contributed by atoms with Gasteiger partial charge in [0.2, 0.25) is 24.4 Å². The third-order valence-corrected chi connectivity index (χ3v) is 1.65. The number of amides is 12. The second-order valence-corrected chi connectivity index (χ2v) is 4.83. The van der Waals surface area contributed by atoms with E-state index in [0.29, 0.717) is 36.5 Å². The molecule has 8 radical (unpaired) electrons. The Morgan fingerprint density at radius 1 is 0.317 bits per heavy atom. The van der Waals surface area contributed by atoms with Crippen molar-refractivity contribution in [1.82, 2.24) is 21.3 Å². The average Bonchev–Trinajstić information content (AvgIpc) is 3.29. The summed E-state index contributed by atoms with van der Waals surface area (Å²) < 4.78 is 15.1. The SMILES string of the molecule is C.C.C.C.C.C.CC.CC.CC.CNC([NH-])=O.CNC([NH-])=O.CNC([NH-])=O.CNC([NH-])=O.CO.COC([NH-])=O.COC([NH-])=O.COC([NH-])=O.COC([NH-])=O.[CH3-].[CH3-].[HH].[N-]=C=O.[N-]=C=O.[N-]=C=O.[N-]=C=O.[N-]=C=O.[N-]=C=O.[Y].[Y].[Y].[Y].[Y].[Y].[Y].[Y]. The molecule has 0 aliphatic heterocycles. The predicted octanol–water partition coefficient (Wildman–Crippen LogP) is 11.7. The molecule has 0 aliphatic carbocycles. The van der Waals surface area contributed by atoms with E-state index in [1.807, 2.05) is 41.5 Å². The summed E-state index contributed by atoms with van der Waals surface area (Å²) in [6.07, 6.45) is -0.981. The molecule has 0 rings (SSSR count). The molecule has 0 aromatic carbocycles. The quantitative estimate of drug-likeness (QED) is 0.0651. The number of carbonyl (C=O) groups excluding carboxylic acids is 14. The fourth-order valence-corrected chi connectivity index (χ4v) is 0. The molecule has 0 heterocycles. The molecule has 482 valence electrons. The molecule has 13 N–H and O–H groups in total. The van der Waals surface area contributed by atoms with Crippen LogP contribution in [-0.2, 0) is 309 Å². The number of nitrogens with zero attached hydrogens (tertiary/aromatic N) is 6. The summed E-state index contributed by atoms with van der Waals surface area (Å²) in [5.74, 6) is 0. The summed E-state index contributed by atoms with van der Waals surface area (Å²) in [7, 11) is 11.3. The molecule has 0 aliphatic rings. The Labute approximate surface area is 692 Å². The van der Waals surface area contributed by atoms with Crippen molar-refractivity contribution in [2.75, 3.05) is 63.7 Å². The number of rotatable bonds is 0. The molecule has 12 amide bonds. The molecule has 0 atom stereocenters. The molecular weight excluding hydrogens is 1710 g/mol. The van der Waals surface area contributed by atoms with Gasteiger partial charge in [-0.1, -0.05) is 114 Å². The van der Waals surface area contributed by atoms with Crippen LogP contribution >= 0.6 is 0 Å². The molecule has 37 nitrogen and oxygen atoms in total. The molecule has 0 aromatic heterocycles. The number of ether oxygens (including phenoxy) is 4. The number of carbonyl (C=O) groups is 8. The minimum atomic E-state index is -0.995. The van der Waals surface area contributed by atoms with E-state index in [0.717, 1.165) is 35.5 Å². The fraction of sp³-hybridized carbons (Fsp3) is 0.568.